The molecule has 1 unspecified atom stereocenters. The molecule has 0 aromatic carbocycles. The van der Waals surface area contributed by atoms with Crippen LogP contribution >= 0.6 is 0 Å². The van der Waals surface area contributed by atoms with Crippen LogP contribution in [0.15, 0.2) is 18.6 Å². The minimum Gasteiger partial charge on any atom is -0.309 e. The van der Waals surface area contributed by atoms with Crippen LogP contribution in [0.1, 0.15) is 38.9 Å². The number of rotatable bonds is 8. The quantitative estimate of drug-likeness (QED) is 0.748. The summed E-state index contributed by atoms with van der Waals surface area (Å²) in [7, 11) is 0. The first-order valence-electron chi connectivity index (χ1n) is 6.53. The maximum absolute atomic E-state index is 4.38. The van der Waals surface area contributed by atoms with Gasteiger partial charge in [-0.2, -0.15) is 0 Å². The molecule has 1 N–H and O–H groups in total. The van der Waals surface area contributed by atoms with Crippen molar-refractivity contribution in [2.45, 2.75) is 33.2 Å². The van der Waals surface area contributed by atoms with Gasteiger partial charge in [-0.1, -0.05) is 20.8 Å². The van der Waals surface area contributed by atoms with E-state index in [1.165, 1.54) is 0 Å². The van der Waals surface area contributed by atoms with Crippen LogP contribution in [0.3, 0.4) is 0 Å². The van der Waals surface area contributed by atoms with Gasteiger partial charge in [0.25, 0.3) is 0 Å². The van der Waals surface area contributed by atoms with Crippen molar-refractivity contribution >= 4 is 0 Å². The molecule has 1 atom stereocenters. The normalized spacial score (nSPS) is 12.9. The molecule has 17 heavy (non-hydrogen) atoms. The van der Waals surface area contributed by atoms with Gasteiger partial charge in [0.2, 0.25) is 0 Å². The molecule has 0 radical (unpaired) electrons. The number of nitrogens with one attached hydrogen (secondary N) is 1. The summed E-state index contributed by atoms with van der Waals surface area (Å²) in [6, 6.07) is 0.314. The first kappa shape index (κ1) is 14.1. The van der Waals surface area contributed by atoms with Gasteiger partial charge in [0.15, 0.2) is 0 Å². The number of aromatic nitrogens is 2. The summed E-state index contributed by atoms with van der Waals surface area (Å²) in [6.45, 7) is 10.8. The monoisotopic (exact) mass is 236 g/mol. The summed E-state index contributed by atoms with van der Waals surface area (Å²) in [5.41, 5.74) is 1.04. The predicted octanol–water partition coefficient (Wildman–Crippen LogP) is 1.86. The van der Waals surface area contributed by atoms with E-state index in [2.05, 4.69) is 41.0 Å². The lowest BCUT2D eigenvalue weighted by molar-refractivity contribution is 0.281. The molecule has 0 saturated heterocycles. The van der Waals surface area contributed by atoms with E-state index >= 15 is 0 Å². The van der Waals surface area contributed by atoms with Gasteiger partial charge in [0, 0.05) is 18.6 Å². The van der Waals surface area contributed by atoms with Gasteiger partial charge in [-0.05, 0) is 32.6 Å². The zero-order valence-electron chi connectivity index (χ0n) is 11.2. The molecule has 0 aliphatic rings. The fourth-order valence-corrected chi connectivity index (χ4v) is 1.94. The molecule has 1 aromatic heterocycles. The second-order valence-electron chi connectivity index (χ2n) is 4.06. The van der Waals surface area contributed by atoms with Crippen LogP contribution in [-0.2, 0) is 0 Å². The average Bonchev–Trinajstić information content (AvgIpc) is 2.39. The Morgan fingerprint density at radius 2 is 2.00 bits per heavy atom. The Balaban J connectivity index is 2.55. The van der Waals surface area contributed by atoms with Gasteiger partial charge in [-0.3, -0.25) is 9.97 Å². The van der Waals surface area contributed by atoms with Crippen LogP contribution in [0.2, 0.25) is 0 Å². The van der Waals surface area contributed by atoms with Crippen molar-refractivity contribution in [1.82, 2.24) is 20.2 Å². The van der Waals surface area contributed by atoms with Gasteiger partial charge in [0.1, 0.15) is 0 Å². The van der Waals surface area contributed by atoms with E-state index in [0.717, 1.165) is 38.3 Å². The summed E-state index contributed by atoms with van der Waals surface area (Å²) in [4.78, 5) is 11.0. The third-order valence-electron chi connectivity index (χ3n) is 3.02. The SMILES string of the molecule is CCNC(CCN(CC)CC)c1cnccn1. The van der Waals surface area contributed by atoms with Gasteiger partial charge in [0.05, 0.1) is 11.7 Å². The highest BCUT2D eigenvalue weighted by molar-refractivity contribution is 5.02. The van der Waals surface area contributed by atoms with Crippen LogP contribution in [0.4, 0.5) is 0 Å². The molecule has 0 bridgehead atoms. The lowest BCUT2D eigenvalue weighted by Gasteiger charge is -2.22. The van der Waals surface area contributed by atoms with Crippen molar-refractivity contribution in [3.05, 3.63) is 24.3 Å². The maximum Gasteiger partial charge on any atom is 0.0756 e. The summed E-state index contributed by atoms with van der Waals surface area (Å²) in [6.07, 6.45) is 6.41. The molecular formula is C13H24N4. The van der Waals surface area contributed by atoms with Gasteiger partial charge in [-0.25, -0.2) is 0 Å². The Morgan fingerprint density at radius 1 is 1.24 bits per heavy atom. The highest BCUT2D eigenvalue weighted by Crippen LogP contribution is 2.13. The minimum atomic E-state index is 0.314. The van der Waals surface area contributed by atoms with Crippen molar-refractivity contribution < 1.29 is 0 Å². The Hall–Kier alpha value is -1.00. The lowest BCUT2D eigenvalue weighted by Crippen LogP contribution is -2.29. The van der Waals surface area contributed by atoms with Gasteiger partial charge < -0.3 is 10.2 Å². The molecule has 4 nitrogen and oxygen atoms in total. The lowest BCUT2D eigenvalue weighted by atomic mass is 10.1. The fraction of sp³-hybridized carbons (Fsp3) is 0.692. The van der Waals surface area contributed by atoms with E-state index in [-0.39, 0.29) is 0 Å². The summed E-state index contributed by atoms with van der Waals surface area (Å²) in [5, 5.41) is 3.47. The largest absolute Gasteiger partial charge is 0.309 e. The molecule has 0 fully saturated rings. The van der Waals surface area contributed by atoms with Crippen LogP contribution in [0, 0.1) is 0 Å². The fourth-order valence-electron chi connectivity index (χ4n) is 1.94. The Labute approximate surface area is 104 Å². The van der Waals surface area contributed by atoms with E-state index in [4.69, 9.17) is 0 Å². The summed E-state index contributed by atoms with van der Waals surface area (Å²) < 4.78 is 0. The van der Waals surface area contributed by atoms with Crippen LogP contribution in [0.25, 0.3) is 0 Å². The third kappa shape index (κ3) is 4.79. The number of hydrogen-bond acceptors (Lipinski definition) is 4. The predicted molar refractivity (Wildman–Crippen MR) is 70.9 cm³/mol. The molecule has 0 aliphatic carbocycles. The molecule has 1 rings (SSSR count). The Morgan fingerprint density at radius 3 is 2.53 bits per heavy atom. The second kappa shape index (κ2) is 8.14. The van der Waals surface area contributed by atoms with Crippen LogP contribution in [0.5, 0.6) is 0 Å². The maximum atomic E-state index is 4.38. The van der Waals surface area contributed by atoms with E-state index in [1.54, 1.807) is 12.4 Å². The summed E-state index contributed by atoms with van der Waals surface area (Å²) >= 11 is 0. The first-order chi connectivity index (χ1) is 8.31. The topological polar surface area (TPSA) is 41.0 Å². The Bertz CT molecular complexity index is 285. The molecule has 4 heteroatoms. The van der Waals surface area contributed by atoms with Crippen molar-refractivity contribution in [1.29, 1.82) is 0 Å². The molecule has 0 saturated carbocycles. The van der Waals surface area contributed by atoms with E-state index in [9.17, 15) is 0 Å². The number of nitrogens with zero attached hydrogens (tertiary/aromatic N) is 3. The highest BCUT2D eigenvalue weighted by Gasteiger charge is 2.12. The first-order valence-corrected chi connectivity index (χ1v) is 6.53. The average molecular weight is 236 g/mol. The summed E-state index contributed by atoms with van der Waals surface area (Å²) in [5.74, 6) is 0. The number of hydrogen-bond donors (Lipinski definition) is 1. The van der Waals surface area contributed by atoms with Crippen molar-refractivity contribution in [3.8, 4) is 0 Å². The molecule has 1 heterocycles. The van der Waals surface area contributed by atoms with Crippen molar-refractivity contribution in [2.24, 2.45) is 0 Å². The molecule has 96 valence electrons. The highest BCUT2D eigenvalue weighted by atomic mass is 15.1. The van der Waals surface area contributed by atoms with Crippen LogP contribution < -0.4 is 5.32 Å². The van der Waals surface area contributed by atoms with Crippen LogP contribution in [-0.4, -0.2) is 41.0 Å². The molecular weight excluding hydrogens is 212 g/mol. The van der Waals surface area contributed by atoms with Crippen molar-refractivity contribution in [2.75, 3.05) is 26.2 Å². The molecule has 0 amide bonds. The van der Waals surface area contributed by atoms with E-state index in [0.29, 0.717) is 6.04 Å². The van der Waals surface area contributed by atoms with E-state index in [1.807, 2.05) is 6.20 Å². The Kier molecular flexibility index (Phi) is 6.74. The van der Waals surface area contributed by atoms with Crippen molar-refractivity contribution in [3.63, 3.8) is 0 Å². The molecule has 1 aromatic rings. The second-order valence-corrected chi connectivity index (χ2v) is 4.06. The van der Waals surface area contributed by atoms with Gasteiger partial charge >= 0.3 is 0 Å². The zero-order valence-corrected chi connectivity index (χ0v) is 11.2. The standard InChI is InChI=1S/C13H24N4/c1-4-15-12(7-10-17(5-2)6-3)13-11-14-8-9-16-13/h8-9,11-12,15H,4-7,10H2,1-3H3. The third-order valence-corrected chi connectivity index (χ3v) is 3.02. The van der Waals surface area contributed by atoms with E-state index < -0.39 is 0 Å². The zero-order chi connectivity index (χ0) is 12.5. The van der Waals surface area contributed by atoms with Gasteiger partial charge in [-0.15, -0.1) is 0 Å². The minimum absolute atomic E-state index is 0.314. The molecule has 0 aliphatic heterocycles. The smallest absolute Gasteiger partial charge is 0.0756 e. The molecule has 0 spiro atoms.